The zero-order valence-electron chi connectivity index (χ0n) is 9.45. The van der Waals surface area contributed by atoms with Gasteiger partial charge in [0.2, 0.25) is 0 Å². The second-order valence-corrected chi connectivity index (χ2v) is 4.67. The third-order valence-corrected chi connectivity index (χ3v) is 3.43. The van der Waals surface area contributed by atoms with Crippen LogP contribution >= 0.6 is 11.8 Å². The van der Waals surface area contributed by atoms with Gasteiger partial charge in [-0.25, -0.2) is 0 Å². The van der Waals surface area contributed by atoms with Crippen molar-refractivity contribution >= 4 is 23.1 Å². The van der Waals surface area contributed by atoms with Crippen LogP contribution in [0.2, 0.25) is 0 Å². The first-order valence-electron chi connectivity index (χ1n) is 5.22. The van der Waals surface area contributed by atoms with Crippen LogP contribution in [0.25, 0.3) is 0 Å². The lowest BCUT2D eigenvalue weighted by atomic mass is 10.2. The number of nitrogens with two attached hydrogens (primary N) is 1. The summed E-state index contributed by atoms with van der Waals surface area (Å²) in [7, 11) is 0. The number of rotatable bonds is 4. The first-order chi connectivity index (χ1) is 8.66. The number of nitro benzene ring substituents is 1. The fraction of sp³-hybridized carbons (Fsp3) is 0.0833. The molecule has 0 fully saturated rings. The number of anilines is 1. The molecule has 92 valence electrons. The van der Waals surface area contributed by atoms with Gasteiger partial charge in [-0.3, -0.25) is 15.1 Å². The quantitative estimate of drug-likeness (QED) is 0.396. The van der Waals surface area contributed by atoms with Crippen LogP contribution in [0.5, 0.6) is 0 Å². The highest BCUT2D eigenvalue weighted by Gasteiger charge is 2.10. The molecule has 0 aliphatic heterocycles. The average Bonchev–Trinajstić information content (AvgIpc) is 2.37. The normalized spacial score (nSPS) is 10.2. The molecule has 2 rings (SSSR count). The van der Waals surface area contributed by atoms with Crippen LogP contribution in [0, 0.1) is 10.1 Å². The number of nitrogens with zero attached hydrogens (tertiary/aromatic N) is 2. The summed E-state index contributed by atoms with van der Waals surface area (Å²) in [6.45, 7) is 0. The van der Waals surface area contributed by atoms with Gasteiger partial charge in [0, 0.05) is 29.1 Å². The average molecular weight is 261 g/mol. The van der Waals surface area contributed by atoms with E-state index in [1.807, 2.05) is 12.1 Å². The second-order valence-electron chi connectivity index (χ2n) is 3.62. The minimum absolute atomic E-state index is 0.0485. The van der Waals surface area contributed by atoms with Gasteiger partial charge in [0.05, 0.1) is 4.92 Å². The molecule has 0 bridgehead atoms. The number of nitro groups is 1. The Kier molecular flexibility index (Phi) is 3.78. The lowest BCUT2D eigenvalue weighted by Crippen LogP contribution is -1.96. The van der Waals surface area contributed by atoms with Gasteiger partial charge >= 0.3 is 0 Å². The fourth-order valence-corrected chi connectivity index (χ4v) is 2.29. The molecule has 18 heavy (non-hydrogen) atoms. The maximum Gasteiger partial charge on any atom is 0.292 e. The van der Waals surface area contributed by atoms with Crippen molar-refractivity contribution in [1.82, 2.24) is 4.98 Å². The molecular weight excluding hydrogens is 250 g/mol. The van der Waals surface area contributed by atoms with Gasteiger partial charge in [-0.1, -0.05) is 6.07 Å². The first kappa shape index (κ1) is 12.4. The predicted molar refractivity (Wildman–Crippen MR) is 71.3 cm³/mol. The van der Waals surface area contributed by atoms with Crippen LogP contribution in [-0.4, -0.2) is 9.91 Å². The Labute approximate surface area is 108 Å². The molecular formula is C12H11N3O2S. The third kappa shape index (κ3) is 2.98. The number of hydrogen-bond donors (Lipinski definition) is 1. The molecule has 0 unspecified atom stereocenters. The van der Waals surface area contributed by atoms with E-state index in [9.17, 15) is 10.1 Å². The summed E-state index contributed by atoms with van der Waals surface area (Å²) in [5.41, 5.74) is 6.74. The second kappa shape index (κ2) is 5.50. The molecule has 0 radical (unpaired) electrons. The molecule has 0 saturated carbocycles. The topological polar surface area (TPSA) is 82.0 Å². The molecule has 2 N–H and O–H groups in total. The molecule has 1 aromatic heterocycles. The maximum absolute atomic E-state index is 10.6. The van der Waals surface area contributed by atoms with Gasteiger partial charge in [0.1, 0.15) is 5.69 Å². The van der Waals surface area contributed by atoms with Gasteiger partial charge in [-0.15, -0.1) is 11.8 Å². The SMILES string of the molecule is Nc1cc(CSc2ccncc2)ccc1[N+](=O)[O-]. The van der Waals surface area contributed by atoms with Crippen LogP contribution in [0.15, 0.2) is 47.6 Å². The Bertz CT molecular complexity index is 561. The number of pyridine rings is 1. The molecule has 6 heteroatoms. The van der Waals surface area contributed by atoms with Gasteiger partial charge < -0.3 is 5.73 Å². The summed E-state index contributed by atoms with van der Waals surface area (Å²) < 4.78 is 0. The van der Waals surface area contributed by atoms with E-state index < -0.39 is 4.92 Å². The van der Waals surface area contributed by atoms with E-state index in [4.69, 9.17) is 5.73 Å². The number of thioether (sulfide) groups is 1. The summed E-state index contributed by atoms with van der Waals surface area (Å²) >= 11 is 1.63. The van der Waals surface area contributed by atoms with Crippen molar-refractivity contribution < 1.29 is 4.92 Å². The van der Waals surface area contributed by atoms with Crippen molar-refractivity contribution in [1.29, 1.82) is 0 Å². The Morgan fingerprint density at radius 1 is 1.28 bits per heavy atom. The van der Waals surface area contributed by atoms with E-state index in [-0.39, 0.29) is 11.4 Å². The van der Waals surface area contributed by atoms with Gasteiger partial charge in [-0.05, 0) is 23.8 Å². The van der Waals surface area contributed by atoms with Crippen LogP contribution in [0.3, 0.4) is 0 Å². The molecule has 1 aromatic carbocycles. The molecule has 0 amide bonds. The molecule has 5 nitrogen and oxygen atoms in total. The predicted octanol–water partition coefficient (Wildman–Crippen LogP) is 2.86. The largest absolute Gasteiger partial charge is 0.393 e. The summed E-state index contributed by atoms with van der Waals surface area (Å²) in [5, 5.41) is 10.6. The summed E-state index contributed by atoms with van der Waals surface area (Å²) in [4.78, 5) is 15.2. The van der Waals surface area contributed by atoms with E-state index in [0.29, 0.717) is 5.75 Å². The van der Waals surface area contributed by atoms with Crippen LogP contribution in [0.1, 0.15) is 5.56 Å². The summed E-state index contributed by atoms with van der Waals surface area (Å²) in [5.74, 6) is 0.714. The zero-order chi connectivity index (χ0) is 13.0. The van der Waals surface area contributed by atoms with Gasteiger partial charge in [0.25, 0.3) is 5.69 Å². The highest BCUT2D eigenvalue weighted by atomic mass is 32.2. The fourth-order valence-electron chi connectivity index (χ4n) is 1.46. The zero-order valence-corrected chi connectivity index (χ0v) is 10.3. The van der Waals surface area contributed by atoms with E-state index in [0.717, 1.165) is 10.5 Å². The first-order valence-corrected chi connectivity index (χ1v) is 6.21. The van der Waals surface area contributed by atoms with Crippen LogP contribution in [-0.2, 0) is 5.75 Å². The molecule has 0 spiro atoms. The third-order valence-electron chi connectivity index (χ3n) is 2.34. The Balaban J connectivity index is 2.07. The summed E-state index contributed by atoms with van der Waals surface area (Å²) in [6, 6.07) is 8.64. The Morgan fingerprint density at radius 2 is 2.00 bits per heavy atom. The molecule has 0 atom stereocenters. The highest BCUT2D eigenvalue weighted by molar-refractivity contribution is 7.98. The van der Waals surface area contributed by atoms with E-state index in [2.05, 4.69) is 4.98 Å². The van der Waals surface area contributed by atoms with Crippen molar-refractivity contribution in [3.05, 3.63) is 58.4 Å². The smallest absolute Gasteiger partial charge is 0.292 e. The standard InChI is InChI=1S/C12H11N3O2S/c13-11-7-9(1-2-12(11)15(16)17)8-18-10-3-5-14-6-4-10/h1-7H,8,13H2. The van der Waals surface area contributed by atoms with Gasteiger partial charge in [-0.2, -0.15) is 0 Å². The van der Waals surface area contributed by atoms with Crippen molar-refractivity contribution in [2.24, 2.45) is 0 Å². The lowest BCUT2D eigenvalue weighted by molar-refractivity contribution is -0.383. The van der Waals surface area contributed by atoms with Crippen molar-refractivity contribution in [3.8, 4) is 0 Å². The monoisotopic (exact) mass is 261 g/mol. The minimum atomic E-state index is -0.477. The maximum atomic E-state index is 10.6. The molecule has 2 aromatic rings. The number of aromatic nitrogens is 1. The highest BCUT2D eigenvalue weighted by Crippen LogP contribution is 2.26. The number of hydrogen-bond acceptors (Lipinski definition) is 5. The number of nitrogen functional groups attached to an aromatic ring is 1. The number of benzene rings is 1. The van der Waals surface area contributed by atoms with E-state index in [1.54, 1.807) is 36.3 Å². The molecule has 1 heterocycles. The van der Waals surface area contributed by atoms with E-state index in [1.165, 1.54) is 6.07 Å². The summed E-state index contributed by atoms with van der Waals surface area (Å²) in [6.07, 6.45) is 3.46. The lowest BCUT2D eigenvalue weighted by Gasteiger charge is -2.03. The van der Waals surface area contributed by atoms with E-state index >= 15 is 0 Å². The van der Waals surface area contributed by atoms with Crippen LogP contribution in [0.4, 0.5) is 11.4 Å². The molecule has 0 saturated heterocycles. The molecule has 0 aliphatic rings. The van der Waals surface area contributed by atoms with Crippen molar-refractivity contribution in [3.63, 3.8) is 0 Å². The Hall–Kier alpha value is -2.08. The minimum Gasteiger partial charge on any atom is -0.393 e. The van der Waals surface area contributed by atoms with Gasteiger partial charge in [0.15, 0.2) is 0 Å². The molecule has 0 aliphatic carbocycles. The Morgan fingerprint density at radius 3 is 2.61 bits per heavy atom. The van der Waals surface area contributed by atoms with Crippen molar-refractivity contribution in [2.75, 3.05) is 5.73 Å². The van der Waals surface area contributed by atoms with Crippen molar-refractivity contribution in [2.45, 2.75) is 10.6 Å². The van der Waals surface area contributed by atoms with Crippen LogP contribution < -0.4 is 5.73 Å².